The van der Waals surface area contributed by atoms with Crippen molar-refractivity contribution < 1.29 is 4.74 Å². The van der Waals surface area contributed by atoms with Crippen LogP contribution in [0.25, 0.3) is 0 Å². The van der Waals surface area contributed by atoms with Crippen molar-refractivity contribution in [3.63, 3.8) is 0 Å². The Labute approximate surface area is 96.2 Å². The maximum atomic E-state index is 9.24. The van der Waals surface area contributed by atoms with E-state index in [4.69, 9.17) is 4.74 Å². The third kappa shape index (κ3) is 2.17. The van der Waals surface area contributed by atoms with Gasteiger partial charge in [0, 0.05) is 0 Å². The van der Waals surface area contributed by atoms with Crippen molar-refractivity contribution in [2.24, 2.45) is 0 Å². The molecule has 1 aromatic rings. The highest BCUT2D eigenvalue weighted by atomic mass is 16.5. The minimum absolute atomic E-state index is 0.103. The molecule has 1 aliphatic heterocycles. The zero-order valence-electron chi connectivity index (χ0n) is 9.52. The Kier molecular flexibility index (Phi) is 3.43. The van der Waals surface area contributed by atoms with E-state index in [-0.39, 0.29) is 6.04 Å². The molecule has 0 aliphatic carbocycles. The van der Waals surface area contributed by atoms with Crippen LogP contribution in [0.5, 0.6) is 5.75 Å². The second-order valence-electron chi connectivity index (χ2n) is 4.05. The molecule has 0 unspecified atom stereocenters. The lowest BCUT2D eigenvalue weighted by atomic mass is 10.1. The average molecular weight is 216 g/mol. The van der Waals surface area contributed by atoms with Gasteiger partial charge in [-0.1, -0.05) is 12.1 Å². The fourth-order valence-electron chi connectivity index (χ4n) is 2.15. The van der Waals surface area contributed by atoms with Crippen LogP contribution in [0.3, 0.4) is 0 Å². The summed E-state index contributed by atoms with van der Waals surface area (Å²) in [6.07, 6.45) is 2.41. The fraction of sp³-hybridized carbons (Fsp3) is 0.462. The van der Waals surface area contributed by atoms with Gasteiger partial charge < -0.3 is 4.74 Å². The van der Waals surface area contributed by atoms with Gasteiger partial charge in [0.2, 0.25) is 0 Å². The van der Waals surface area contributed by atoms with E-state index in [0.29, 0.717) is 0 Å². The van der Waals surface area contributed by atoms with Crippen molar-refractivity contribution in [1.29, 1.82) is 5.26 Å². The molecule has 0 bridgehead atoms. The maximum Gasteiger partial charge on any atom is 0.123 e. The second-order valence-corrected chi connectivity index (χ2v) is 4.05. The molecule has 2 rings (SSSR count). The predicted octanol–water partition coefficient (Wildman–Crippen LogP) is 2.36. The Morgan fingerprint density at radius 1 is 1.25 bits per heavy atom. The van der Waals surface area contributed by atoms with Gasteiger partial charge in [0.1, 0.15) is 11.8 Å². The number of nitrogens with zero attached hydrogens (tertiary/aromatic N) is 2. The molecule has 0 radical (unpaired) electrons. The first-order valence-corrected chi connectivity index (χ1v) is 5.63. The summed E-state index contributed by atoms with van der Waals surface area (Å²) in [5.41, 5.74) is 1.06. The van der Waals surface area contributed by atoms with Crippen LogP contribution >= 0.6 is 0 Å². The molecule has 1 atom stereocenters. The summed E-state index contributed by atoms with van der Waals surface area (Å²) in [6, 6.07) is 10.1. The quantitative estimate of drug-likeness (QED) is 0.778. The molecule has 0 aromatic heterocycles. The van der Waals surface area contributed by atoms with Gasteiger partial charge >= 0.3 is 0 Å². The highest BCUT2D eigenvalue weighted by molar-refractivity contribution is 5.31. The van der Waals surface area contributed by atoms with Crippen molar-refractivity contribution in [1.82, 2.24) is 4.90 Å². The molecular formula is C13H16N2O. The Bertz CT molecular complexity index is 374. The zero-order valence-corrected chi connectivity index (χ0v) is 9.52. The molecule has 1 heterocycles. The summed E-state index contributed by atoms with van der Waals surface area (Å²) in [7, 11) is 1.65. The first-order valence-electron chi connectivity index (χ1n) is 5.63. The van der Waals surface area contributed by atoms with Gasteiger partial charge in [0.15, 0.2) is 0 Å². The van der Waals surface area contributed by atoms with Crippen LogP contribution in [0, 0.1) is 11.3 Å². The molecule has 1 aromatic carbocycles. The van der Waals surface area contributed by atoms with Crippen LogP contribution < -0.4 is 4.74 Å². The molecule has 1 aliphatic rings. The zero-order chi connectivity index (χ0) is 11.4. The van der Waals surface area contributed by atoms with Crippen molar-refractivity contribution in [3.8, 4) is 11.8 Å². The third-order valence-electron chi connectivity index (χ3n) is 3.06. The maximum absolute atomic E-state index is 9.24. The van der Waals surface area contributed by atoms with Crippen molar-refractivity contribution in [2.45, 2.75) is 18.9 Å². The molecule has 1 fully saturated rings. The second kappa shape index (κ2) is 5.00. The third-order valence-corrected chi connectivity index (χ3v) is 3.06. The number of hydrogen-bond donors (Lipinski definition) is 0. The van der Waals surface area contributed by atoms with Gasteiger partial charge in [-0.25, -0.2) is 0 Å². The van der Waals surface area contributed by atoms with E-state index >= 15 is 0 Å². The minimum atomic E-state index is -0.103. The van der Waals surface area contributed by atoms with Crippen LogP contribution in [0.1, 0.15) is 24.4 Å². The number of hydrogen-bond acceptors (Lipinski definition) is 3. The molecule has 1 saturated heterocycles. The number of likely N-dealkylation sites (tertiary alicyclic amines) is 1. The summed E-state index contributed by atoms with van der Waals surface area (Å²) in [5, 5.41) is 9.24. The Balaban J connectivity index is 2.16. The van der Waals surface area contributed by atoms with E-state index in [2.05, 4.69) is 11.0 Å². The molecule has 0 spiro atoms. The monoisotopic (exact) mass is 216 g/mol. The number of methoxy groups -OCH3 is 1. The van der Waals surface area contributed by atoms with Crippen LogP contribution in [-0.2, 0) is 0 Å². The van der Waals surface area contributed by atoms with Gasteiger partial charge in [-0.15, -0.1) is 0 Å². The van der Waals surface area contributed by atoms with E-state index in [1.54, 1.807) is 7.11 Å². The van der Waals surface area contributed by atoms with Crippen molar-refractivity contribution in [3.05, 3.63) is 29.8 Å². The molecule has 84 valence electrons. The van der Waals surface area contributed by atoms with Gasteiger partial charge in [0.25, 0.3) is 0 Å². The Morgan fingerprint density at radius 3 is 2.38 bits per heavy atom. The van der Waals surface area contributed by atoms with E-state index in [9.17, 15) is 5.26 Å². The number of rotatable bonds is 3. The highest BCUT2D eigenvalue weighted by Crippen LogP contribution is 2.25. The summed E-state index contributed by atoms with van der Waals surface area (Å²) in [6.45, 7) is 2.06. The van der Waals surface area contributed by atoms with E-state index in [0.717, 1.165) is 24.4 Å². The van der Waals surface area contributed by atoms with Crippen molar-refractivity contribution in [2.75, 3.05) is 20.2 Å². The van der Waals surface area contributed by atoms with Gasteiger partial charge in [0.05, 0.1) is 13.2 Å². The Morgan fingerprint density at radius 2 is 1.88 bits per heavy atom. The predicted molar refractivity (Wildman–Crippen MR) is 62.2 cm³/mol. The van der Waals surface area contributed by atoms with E-state index in [1.807, 2.05) is 24.3 Å². The lowest BCUT2D eigenvalue weighted by molar-refractivity contribution is 0.294. The smallest absolute Gasteiger partial charge is 0.123 e. The molecule has 16 heavy (non-hydrogen) atoms. The molecule has 0 amide bonds. The molecule has 0 saturated carbocycles. The van der Waals surface area contributed by atoms with Crippen LogP contribution in [-0.4, -0.2) is 25.1 Å². The largest absolute Gasteiger partial charge is 0.497 e. The van der Waals surface area contributed by atoms with Gasteiger partial charge in [-0.05, 0) is 43.6 Å². The lowest BCUT2D eigenvalue weighted by Crippen LogP contribution is -2.24. The van der Waals surface area contributed by atoms with E-state index in [1.165, 1.54) is 12.8 Å². The van der Waals surface area contributed by atoms with E-state index < -0.39 is 0 Å². The standard InChI is InChI=1S/C13H16N2O/c1-16-12-6-4-11(5-7-12)13(10-14)15-8-2-3-9-15/h4-7,13H,2-3,8-9H2,1H3/t13-/m0/s1. The summed E-state index contributed by atoms with van der Waals surface area (Å²) in [5.74, 6) is 0.835. The van der Waals surface area contributed by atoms with Crippen LogP contribution in [0.2, 0.25) is 0 Å². The summed E-state index contributed by atoms with van der Waals surface area (Å²) in [4.78, 5) is 2.24. The minimum Gasteiger partial charge on any atom is -0.497 e. The Hall–Kier alpha value is -1.53. The van der Waals surface area contributed by atoms with Gasteiger partial charge in [-0.2, -0.15) is 5.26 Å². The first-order chi connectivity index (χ1) is 7.85. The number of benzene rings is 1. The van der Waals surface area contributed by atoms with Crippen LogP contribution in [0.4, 0.5) is 0 Å². The SMILES string of the molecule is COc1ccc([C@H](C#N)N2CCCC2)cc1. The van der Waals surface area contributed by atoms with Gasteiger partial charge in [-0.3, -0.25) is 4.90 Å². The normalized spacial score (nSPS) is 18.0. The highest BCUT2D eigenvalue weighted by Gasteiger charge is 2.22. The molecular weight excluding hydrogens is 200 g/mol. The molecule has 3 nitrogen and oxygen atoms in total. The lowest BCUT2D eigenvalue weighted by Gasteiger charge is -2.21. The topological polar surface area (TPSA) is 36.3 Å². The number of ether oxygens (including phenoxy) is 1. The fourth-order valence-corrected chi connectivity index (χ4v) is 2.15. The molecule has 3 heteroatoms. The molecule has 0 N–H and O–H groups in total. The number of nitriles is 1. The summed E-state index contributed by atoms with van der Waals surface area (Å²) < 4.78 is 5.11. The summed E-state index contributed by atoms with van der Waals surface area (Å²) >= 11 is 0. The first kappa shape index (κ1) is 11.0. The van der Waals surface area contributed by atoms with Crippen LogP contribution in [0.15, 0.2) is 24.3 Å². The average Bonchev–Trinajstić information content (AvgIpc) is 2.85. The van der Waals surface area contributed by atoms with Crippen molar-refractivity contribution >= 4 is 0 Å².